The van der Waals surface area contributed by atoms with Gasteiger partial charge in [-0.15, -0.1) is 22.7 Å². The van der Waals surface area contributed by atoms with Crippen LogP contribution < -0.4 is 0 Å². The van der Waals surface area contributed by atoms with Gasteiger partial charge in [-0.1, -0.05) is 143 Å². The minimum Gasteiger partial charge on any atom is -0.338 e. The molecule has 1 unspecified atom stereocenters. The van der Waals surface area contributed by atoms with E-state index >= 15 is 0 Å². The van der Waals surface area contributed by atoms with Crippen molar-refractivity contribution in [1.29, 1.82) is 0 Å². The lowest BCUT2D eigenvalue weighted by Crippen LogP contribution is -2.05. The highest BCUT2D eigenvalue weighted by Crippen LogP contribution is 2.44. The Morgan fingerprint density at radius 1 is 0.500 bits per heavy atom. The van der Waals surface area contributed by atoms with Gasteiger partial charge in [0.05, 0.1) is 11.7 Å². The van der Waals surface area contributed by atoms with E-state index in [1.165, 1.54) is 120 Å². The number of thiophene rings is 2. The van der Waals surface area contributed by atoms with Gasteiger partial charge in [-0.2, -0.15) is 8.75 Å². The molecule has 5 aromatic carbocycles. The quantitative estimate of drug-likeness (QED) is 0.110. The fourth-order valence-corrected chi connectivity index (χ4v) is 10.6. The molecule has 6 heteroatoms. The molecule has 4 heterocycles. The van der Waals surface area contributed by atoms with Crippen molar-refractivity contribution >= 4 is 67.2 Å². The highest BCUT2D eigenvalue weighted by Gasteiger charge is 2.20. The Bertz CT molecular complexity index is 2680. The molecule has 268 valence electrons. The third-order valence-electron chi connectivity index (χ3n) is 10.8. The molecule has 0 amide bonds. The van der Waals surface area contributed by atoms with Crippen LogP contribution in [0.2, 0.25) is 0 Å². The summed E-state index contributed by atoms with van der Waals surface area (Å²) in [5.41, 5.74) is 11.9. The molecule has 0 bridgehead atoms. The first-order chi connectivity index (χ1) is 26.7. The van der Waals surface area contributed by atoms with Crippen molar-refractivity contribution in [3.63, 3.8) is 0 Å². The van der Waals surface area contributed by atoms with Crippen LogP contribution in [0, 0.1) is 0 Å². The summed E-state index contributed by atoms with van der Waals surface area (Å²) in [6.45, 7) is 4.71. The van der Waals surface area contributed by atoms with Gasteiger partial charge in [-0.05, 0) is 72.0 Å². The molecule has 0 N–H and O–H groups in total. The van der Waals surface area contributed by atoms with Crippen molar-refractivity contribution in [2.45, 2.75) is 64.8 Å². The molecule has 0 fully saturated rings. The molecule has 0 aliphatic carbocycles. The summed E-state index contributed by atoms with van der Waals surface area (Å²) < 4.78 is 12.3. The molecular weight excluding hydrogens is 715 g/mol. The van der Waals surface area contributed by atoms with Gasteiger partial charge < -0.3 is 4.57 Å². The van der Waals surface area contributed by atoms with E-state index in [-0.39, 0.29) is 0 Å². The van der Waals surface area contributed by atoms with Crippen LogP contribution in [0.1, 0.15) is 64.8 Å². The van der Waals surface area contributed by atoms with Crippen LogP contribution in [0.3, 0.4) is 0 Å². The normalized spacial score (nSPS) is 12.3. The molecule has 0 spiro atoms. The second kappa shape index (κ2) is 15.5. The van der Waals surface area contributed by atoms with E-state index in [0.29, 0.717) is 6.04 Å². The van der Waals surface area contributed by atoms with E-state index in [4.69, 9.17) is 8.75 Å². The largest absolute Gasteiger partial charge is 0.338 e. The molecular formula is C48H43N3S3. The summed E-state index contributed by atoms with van der Waals surface area (Å²) in [5.74, 6) is 0. The SMILES string of the molecule is CCCCCCCCC(C)n1c2cc(-c3ccccc3)ccc2c2ccc(-c3ccc(-c4ccc(-c5ccc(-c6ccccc6)s5)c5nsnc45)s3)cc21. The van der Waals surface area contributed by atoms with E-state index in [1.54, 1.807) is 0 Å². The van der Waals surface area contributed by atoms with E-state index in [2.05, 4.69) is 152 Å². The molecule has 3 nitrogen and oxygen atoms in total. The summed E-state index contributed by atoms with van der Waals surface area (Å²) in [6.07, 6.45) is 9.08. The van der Waals surface area contributed by atoms with Gasteiger partial charge in [0.1, 0.15) is 11.0 Å². The van der Waals surface area contributed by atoms with Crippen LogP contribution in [0.5, 0.6) is 0 Å². The third kappa shape index (κ3) is 6.72. The molecule has 9 aromatic rings. The number of fused-ring (bicyclic) bond motifs is 4. The lowest BCUT2D eigenvalue weighted by atomic mass is 10.0. The molecule has 0 saturated carbocycles. The molecule has 54 heavy (non-hydrogen) atoms. The van der Waals surface area contributed by atoms with Crippen LogP contribution in [-0.4, -0.2) is 13.3 Å². The van der Waals surface area contributed by atoms with Gasteiger partial charge in [0.15, 0.2) is 0 Å². The zero-order valence-corrected chi connectivity index (χ0v) is 33.2. The van der Waals surface area contributed by atoms with Gasteiger partial charge in [-0.25, -0.2) is 0 Å². The number of aromatic nitrogens is 3. The smallest absolute Gasteiger partial charge is 0.114 e. The second-order valence-electron chi connectivity index (χ2n) is 14.4. The Morgan fingerprint density at radius 3 is 1.65 bits per heavy atom. The molecule has 0 aliphatic heterocycles. The summed E-state index contributed by atoms with van der Waals surface area (Å²) in [6, 6.07) is 49.4. The fourth-order valence-electron chi connectivity index (χ4n) is 7.98. The van der Waals surface area contributed by atoms with Crippen molar-refractivity contribution in [2.75, 3.05) is 0 Å². The monoisotopic (exact) mass is 757 g/mol. The maximum Gasteiger partial charge on any atom is 0.114 e. The number of hydrogen-bond donors (Lipinski definition) is 0. The average molecular weight is 758 g/mol. The molecule has 0 saturated heterocycles. The van der Waals surface area contributed by atoms with E-state index in [0.717, 1.165) is 22.2 Å². The topological polar surface area (TPSA) is 30.7 Å². The zero-order chi connectivity index (χ0) is 36.4. The first-order valence-corrected chi connectivity index (χ1v) is 21.7. The predicted molar refractivity (Wildman–Crippen MR) is 236 cm³/mol. The first kappa shape index (κ1) is 34.9. The fraction of sp³-hybridized carbons (Fsp3) is 0.208. The maximum absolute atomic E-state index is 4.84. The van der Waals surface area contributed by atoms with Crippen molar-refractivity contribution in [3.05, 3.63) is 133 Å². The highest BCUT2D eigenvalue weighted by molar-refractivity contribution is 7.19. The van der Waals surface area contributed by atoms with Gasteiger partial charge in [0, 0.05) is 58.5 Å². The van der Waals surface area contributed by atoms with Gasteiger partial charge >= 0.3 is 0 Å². The molecule has 0 aliphatic rings. The molecule has 0 radical (unpaired) electrons. The Balaban J connectivity index is 1.06. The van der Waals surface area contributed by atoms with Crippen molar-refractivity contribution < 1.29 is 0 Å². The van der Waals surface area contributed by atoms with Crippen LogP contribution in [0.15, 0.2) is 133 Å². The number of rotatable bonds is 13. The number of nitrogens with zero attached hydrogens (tertiary/aromatic N) is 3. The zero-order valence-electron chi connectivity index (χ0n) is 30.8. The standard InChI is InChI=1S/C48H43N3S3/c1-3-4-5-6-7-10-15-32(2)51-41-30-35(33-16-11-8-12-17-33)20-22-37(41)38-23-21-36(31-42(38)51)44-27-29-46(53-44)40-25-24-39(47-48(40)50-54-49-47)45-28-26-43(52-45)34-18-13-9-14-19-34/h8-9,11-14,16-32H,3-7,10,15H2,1-2H3. The number of hydrogen-bond acceptors (Lipinski definition) is 5. The van der Waals surface area contributed by atoms with Crippen LogP contribution in [0.4, 0.5) is 0 Å². The first-order valence-electron chi connectivity index (χ1n) is 19.3. The Kier molecular flexibility index (Phi) is 9.98. The van der Waals surface area contributed by atoms with E-state index in [9.17, 15) is 0 Å². The Morgan fingerprint density at radius 2 is 1.02 bits per heavy atom. The Hall–Kier alpha value is -4.88. The van der Waals surface area contributed by atoms with Gasteiger partial charge in [0.25, 0.3) is 0 Å². The molecule has 4 aromatic heterocycles. The van der Waals surface area contributed by atoms with Gasteiger partial charge in [-0.3, -0.25) is 0 Å². The van der Waals surface area contributed by atoms with Crippen LogP contribution in [-0.2, 0) is 0 Å². The third-order valence-corrected chi connectivity index (χ3v) is 13.7. The maximum atomic E-state index is 4.84. The summed E-state index contributed by atoms with van der Waals surface area (Å²) in [4.78, 5) is 4.96. The summed E-state index contributed by atoms with van der Waals surface area (Å²) in [7, 11) is 0. The predicted octanol–water partition coefficient (Wildman–Crippen LogP) is 15.6. The Labute approximate surface area is 329 Å². The minimum absolute atomic E-state index is 0.396. The number of unbranched alkanes of at least 4 members (excludes halogenated alkanes) is 5. The molecule has 9 rings (SSSR count). The summed E-state index contributed by atoms with van der Waals surface area (Å²) in [5, 5.41) is 2.66. The number of benzene rings is 5. The molecule has 1 atom stereocenters. The van der Waals surface area contributed by atoms with E-state index in [1.807, 2.05) is 22.7 Å². The van der Waals surface area contributed by atoms with Crippen molar-refractivity contribution in [2.24, 2.45) is 0 Å². The van der Waals surface area contributed by atoms with Crippen LogP contribution in [0.25, 0.3) is 85.7 Å². The van der Waals surface area contributed by atoms with Crippen LogP contribution >= 0.6 is 34.4 Å². The van der Waals surface area contributed by atoms with E-state index < -0.39 is 0 Å². The highest BCUT2D eigenvalue weighted by atomic mass is 32.1. The lowest BCUT2D eigenvalue weighted by molar-refractivity contribution is 0.487. The second-order valence-corrected chi connectivity index (χ2v) is 17.1. The lowest BCUT2D eigenvalue weighted by Gasteiger charge is -2.18. The minimum atomic E-state index is 0.396. The average Bonchev–Trinajstić information content (AvgIpc) is 4.05. The van der Waals surface area contributed by atoms with Gasteiger partial charge in [0.2, 0.25) is 0 Å². The van der Waals surface area contributed by atoms with Crippen molar-refractivity contribution in [3.8, 4) is 52.9 Å². The summed E-state index contributed by atoms with van der Waals surface area (Å²) >= 11 is 4.95. The van der Waals surface area contributed by atoms with Crippen molar-refractivity contribution in [1.82, 2.24) is 13.3 Å².